The Kier molecular flexibility index (Phi) is 5.94. The number of aromatic nitrogens is 2. The monoisotopic (exact) mass is 440 g/mol. The van der Waals surface area contributed by atoms with Crippen molar-refractivity contribution < 1.29 is 14.0 Å². The zero-order valence-corrected chi connectivity index (χ0v) is 17.7. The highest BCUT2D eigenvalue weighted by Crippen LogP contribution is 2.32. The molecular weight excluding hydrogens is 419 g/mol. The maximum Gasteiger partial charge on any atom is 0.257 e. The van der Waals surface area contributed by atoms with Gasteiger partial charge in [0, 0.05) is 22.8 Å². The minimum Gasteiger partial charge on any atom is -0.322 e. The van der Waals surface area contributed by atoms with Gasteiger partial charge < -0.3 is 15.2 Å². The summed E-state index contributed by atoms with van der Waals surface area (Å²) in [5.41, 5.74) is 1.26. The Morgan fingerprint density at radius 2 is 1.97 bits per heavy atom. The number of thiazole rings is 1. The summed E-state index contributed by atoms with van der Waals surface area (Å²) in [6.45, 7) is 1.96. The molecule has 0 radical (unpaired) electrons. The van der Waals surface area contributed by atoms with Crippen molar-refractivity contribution in [3.8, 4) is 0 Å². The van der Waals surface area contributed by atoms with Gasteiger partial charge in [-0.05, 0) is 55.5 Å². The van der Waals surface area contributed by atoms with Gasteiger partial charge in [-0.3, -0.25) is 14.4 Å². The molecule has 2 amide bonds. The first-order valence-corrected chi connectivity index (χ1v) is 10.7. The maximum atomic E-state index is 13.0. The number of benzene rings is 1. The Bertz CT molecular complexity index is 1190. The van der Waals surface area contributed by atoms with Crippen molar-refractivity contribution in [3.05, 3.63) is 74.9 Å². The molecule has 0 unspecified atom stereocenters. The van der Waals surface area contributed by atoms with E-state index in [0.29, 0.717) is 16.7 Å². The van der Waals surface area contributed by atoms with E-state index in [1.807, 2.05) is 0 Å². The zero-order chi connectivity index (χ0) is 22.0. The van der Waals surface area contributed by atoms with Crippen molar-refractivity contribution in [2.45, 2.75) is 32.7 Å². The Morgan fingerprint density at radius 1 is 1.19 bits per heavy atom. The van der Waals surface area contributed by atoms with Crippen LogP contribution in [0.3, 0.4) is 0 Å². The van der Waals surface area contributed by atoms with Gasteiger partial charge >= 0.3 is 0 Å². The van der Waals surface area contributed by atoms with Crippen molar-refractivity contribution in [3.63, 3.8) is 0 Å². The maximum absolute atomic E-state index is 13.0. The van der Waals surface area contributed by atoms with Crippen LogP contribution in [-0.4, -0.2) is 21.4 Å². The van der Waals surface area contributed by atoms with E-state index >= 15 is 0 Å². The zero-order valence-electron chi connectivity index (χ0n) is 16.9. The van der Waals surface area contributed by atoms with Crippen LogP contribution >= 0.6 is 11.3 Å². The van der Waals surface area contributed by atoms with E-state index in [-0.39, 0.29) is 12.1 Å². The van der Waals surface area contributed by atoms with Crippen LogP contribution in [-0.2, 0) is 24.2 Å². The highest BCUT2D eigenvalue weighted by atomic mass is 32.1. The second-order valence-corrected chi connectivity index (χ2v) is 8.71. The number of carbonyl (C=O) groups is 2. The number of fused-ring (bicyclic) bond motifs is 1. The quantitative estimate of drug-likeness (QED) is 0.636. The van der Waals surface area contributed by atoms with E-state index in [1.165, 1.54) is 63.4 Å². The molecule has 0 saturated carbocycles. The number of pyridine rings is 1. The lowest BCUT2D eigenvalue weighted by molar-refractivity contribution is -0.116. The summed E-state index contributed by atoms with van der Waals surface area (Å²) in [4.78, 5) is 42.8. The van der Waals surface area contributed by atoms with E-state index in [0.717, 1.165) is 25.0 Å². The summed E-state index contributed by atoms with van der Waals surface area (Å²) in [6, 6.07) is 7.95. The minimum atomic E-state index is -0.470. The number of hydrogen-bond donors (Lipinski definition) is 2. The fourth-order valence-electron chi connectivity index (χ4n) is 3.43. The molecule has 9 heteroatoms. The number of hydrogen-bond acceptors (Lipinski definition) is 5. The molecule has 4 rings (SSSR count). The van der Waals surface area contributed by atoms with Crippen LogP contribution in [0.15, 0.2) is 47.4 Å². The first-order chi connectivity index (χ1) is 14.9. The van der Waals surface area contributed by atoms with E-state index in [4.69, 9.17) is 0 Å². The highest BCUT2D eigenvalue weighted by Gasteiger charge is 2.20. The van der Waals surface area contributed by atoms with Crippen molar-refractivity contribution >= 4 is 34.0 Å². The van der Waals surface area contributed by atoms with Crippen molar-refractivity contribution in [2.24, 2.45) is 5.92 Å². The second kappa shape index (κ2) is 8.81. The Balaban J connectivity index is 1.43. The van der Waals surface area contributed by atoms with Crippen molar-refractivity contribution in [1.29, 1.82) is 0 Å². The van der Waals surface area contributed by atoms with Crippen molar-refractivity contribution in [2.75, 3.05) is 10.6 Å². The molecule has 0 aliphatic heterocycles. The molecule has 1 aromatic carbocycles. The topological polar surface area (TPSA) is 93.1 Å². The van der Waals surface area contributed by atoms with Gasteiger partial charge in [-0.15, -0.1) is 11.3 Å². The lowest BCUT2D eigenvalue weighted by Gasteiger charge is -2.15. The molecule has 2 aromatic heterocycles. The van der Waals surface area contributed by atoms with Crippen molar-refractivity contribution in [1.82, 2.24) is 9.55 Å². The molecule has 1 atom stereocenters. The number of nitrogens with zero attached hydrogens (tertiary/aromatic N) is 2. The predicted octanol–water partition coefficient (Wildman–Crippen LogP) is 3.46. The number of rotatable bonds is 5. The second-order valence-electron chi connectivity index (χ2n) is 7.63. The summed E-state index contributed by atoms with van der Waals surface area (Å²) in [7, 11) is 0. The summed E-state index contributed by atoms with van der Waals surface area (Å²) < 4.78 is 14.2. The largest absolute Gasteiger partial charge is 0.322 e. The van der Waals surface area contributed by atoms with Gasteiger partial charge in [-0.25, -0.2) is 9.37 Å². The summed E-state index contributed by atoms with van der Waals surface area (Å²) in [5, 5.41) is 5.91. The lowest BCUT2D eigenvalue weighted by Crippen LogP contribution is -2.28. The number of halogens is 1. The van der Waals surface area contributed by atoms with Gasteiger partial charge in [-0.2, -0.15) is 0 Å². The lowest BCUT2D eigenvalue weighted by atomic mass is 9.93. The van der Waals surface area contributed by atoms with E-state index in [1.54, 1.807) is 0 Å². The number of aryl methyl sites for hydroxylation is 1. The van der Waals surface area contributed by atoms with Crippen LogP contribution in [0.25, 0.3) is 0 Å². The predicted molar refractivity (Wildman–Crippen MR) is 117 cm³/mol. The normalized spacial score (nSPS) is 15.2. The molecular formula is C22H21FN4O3S. The Hall–Kier alpha value is -3.33. The molecule has 7 nitrogen and oxygen atoms in total. The molecule has 1 aliphatic rings. The van der Waals surface area contributed by atoms with Gasteiger partial charge in [0.2, 0.25) is 5.91 Å². The van der Waals surface area contributed by atoms with Gasteiger partial charge in [0.1, 0.15) is 12.4 Å². The van der Waals surface area contributed by atoms with E-state index in [9.17, 15) is 18.8 Å². The molecule has 0 bridgehead atoms. The van der Waals surface area contributed by atoms with Gasteiger partial charge in [0.25, 0.3) is 11.5 Å². The van der Waals surface area contributed by atoms with Crippen LogP contribution < -0.4 is 16.2 Å². The smallest absolute Gasteiger partial charge is 0.257 e. The fraction of sp³-hybridized carbons (Fsp3) is 0.273. The van der Waals surface area contributed by atoms with Crippen LogP contribution in [0.2, 0.25) is 0 Å². The third-order valence-corrected chi connectivity index (χ3v) is 6.13. The number of nitrogens with one attached hydrogen (secondary N) is 2. The van der Waals surface area contributed by atoms with Crippen LogP contribution in [0.5, 0.6) is 0 Å². The molecule has 2 N–H and O–H groups in total. The van der Waals surface area contributed by atoms with Gasteiger partial charge in [-0.1, -0.05) is 6.92 Å². The average Bonchev–Trinajstić information content (AvgIpc) is 3.12. The van der Waals surface area contributed by atoms with Crippen LogP contribution in [0, 0.1) is 11.7 Å². The molecule has 3 aromatic rings. The minimum absolute atomic E-state index is 0.204. The number of amides is 2. The van der Waals surface area contributed by atoms with Crippen LogP contribution in [0.1, 0.15) is 34.3 Å². The summed E-state index contributed by atoms with van der Waals surface area (Å²) >= 11 is 1.47. The molecule has 0 spiro atoms. The molecule has 160 valence electrons. The molecule has 31 heavy (non-hydrogen) atoms. The first kappa shape index (κ1) is 20.9. The Morgan fingerprint density at radius 3 is 2.74 bits per heavy atom. The van der Waals surface area contributed by atoms with E-state index in [2.05, 4.69) is 22.5 Å². The third kappa shape index (κ3) is 5.05. The average molecular weight is 441 g/mol. The molecule has 0 saturated heterocycles. The Labute approximate surface area is 181 Å². The van der Waals surface area contributed by atoms with Crippen LogP contribution in [0.4, 0.5) is 15.2 Å². The van der Waals surface area contributed by atoms with Gasteiger partial charge in [0.15, 0.2) is 5.13 Å². The molecule has 2 heterocycles. The third-order valence-electron chi connectivity index (χ3n) is 5.09. The molecule has 0 fully saturated rings. The first-order valence-electron chi connectivity index (χ1n) is 9.93. The van der Waals surface area contributed by atoms with E-state index < -0.39 is 23.2 Å². The fourth-order valence-corrected chi connectivity index (χ4v) is 4.62. The number of anilines is 2. The number of carbonyl (C=O) groups excluding carboxylic acids is 2. The standard InChI is InChI=1S/C22H21FN4O3S/c1-13-2-8-17-18(10-13)31-22(25-17)26-19(28)12-27-11-14(3-9-20(27)29)21(30)24-16-6-4-15(23)5-7-16/h3-7,9,11,13H,2,8,10,12H2,1H3,(H,24,30)(H,25,26,28)/t13-/m0/s1. The summed E-state index contributed by atoms with van der Waals surface area (Å²) in [5.74, 6) is -0.660. The summed E-state index contributed by atoms with van der Waals surface area (Å²) in [6.07, 6.45) is 4.29. The molecule has 1 aliphatic carbocycles. The SMILES string of the molecule is C[C@H]1CCc2nc(NC(=O)Cn3cc(C(=O)Nc4ccc(F)cc4)ccc3=O)sc2C1. The van der Waals surface area contributed by atoms with Gasteiger partial charge in [0.05, 0.1) is 11.3 Å². The highest BCUT2D eigenvalue weighted by molar-refractivity contribution is 7.15.